The molecule has 134 valence electrons. The van der Waals surface area contributed by atoms with Crippen LogP contribution in [0.4, 0.5) is 13.2 Å². The van der Waals surface area contributed by atoms with Crippen LogP contribution in [0.1, 0.15) is 30.0 Å². The van der Waals surface area contributed by atoms with E-state index >= 15 is 0 Å². The second-order valence-electron chi connectivity index (χ2n) is 5.66. The minimum absolute atomic E-state index is 0.151. The Kier molecular flexibility index (Phi) is 4.11. The molecule has 0 saturated carbocycles. The fourth-order valence-corrected chi connectivity index (χ4v) is 2.61. The van der Waals surface area contributed by atoms with Gasteiger partial charge in [0.2, 0.25) is 0 Å². The highest BCUT2D eigenvalue weighted by atomic mass is 19.4. The van der Waals surface area contributed by atoms with Crippen LogP contribution in [-0.2, 0) is 13.2 Å². The predicted molar refractivity (Wildman–Crippen MR) is 80.9 cm³/mol. The molecule has 0 aliphatic carbocycles. The van der Waals surface area contributed by atoms with Crippen LogP contribution in [0, 0.1) is 6.92 Å². The van der Waals surface area contributed by atoms with Gasteiger partial charge in [-0.1, -0.05) is 0 Å². The molecule has 0 aliphatic rings. The highest BCUT2D eigenvalue weighted by Crippen LogP contribution is 2.24. The van der Waals surface area contributed by atoms with Gasteiger partial charge in [0.05, 0.1) is 18.8 Å². The molecule has 2 N–H and O–H groups in total. The first-order valence-electron chi connectivity index (χ1n) is 7.37. The van der Waals surface area contributed by atoms with Crippen LogP contribution in [0.2, 0.25) is 0 Å². The van der Waals surface area contributed by atoms with Crippen molar-refractivity contribution in [2.24, 2.45) is 0 Å². The number of aromatic nitrogens is 6. The molecule has 8 nitrogen and oxygen atoms in total. The molecular weight excluding hydrogens is 341 g/mol. The number of hydrogen-bond acceptors (Lipinski definition) is 5. The molecule has 0 aliphatic heterocycles. The van der Waals surface area contributed by atoms with Crippen molar-refractivity contribution in [3.05, 3.63) is 39.8 Å². The fraction of sp³-hybridized carbons (Fsp3) is 0.429. The van der Waals surface area contributed by atoms with Gasteiger partial charge in [-0.3, -0.25) is 9.48 Å². The number of nitrogens with zero attached hydrogens (tertiary/aromatic N) is 5. The minimum Gasteiger partial charge on any atom is -0.390 e. The number of rotatable bonds is 4. The summed E-state index contributed by atoms with van der Waals surface area (Å²) in [5, 5.41) is 17.5. The topological polar surface area (TPSA) is 102 Å². The van der Waals surface area contributed by atoms with Gasteiger partial charge in [0.25, 0.3) is 5.56 Å². The Balaban J connectivity index is 2.06. The molecule has 3 heterocycles. The quantitative estimate of drug-likeness (QED) is 0.733. The van der Waals surface area contributed by atoms with Crippen molar-refractivity contribution >= 4 is 11.0 Å². The number of fused-ring (bicyclic) bond motifs is 1. The summed E-state index contributed by atoms with van der Waals surface area (Å²) in [6.45, 7) is 1.64. The lowest BCUT2D eigenvalue weighted by Gasteiger charge is -2.11. The summed E-state index contributed by atoms with van der Waals surface area (Å²) in [7, 11) is 0. The number of halogens is 3. The first kappa shape index (κ1) is 17.1. The predicted octanol–water partition coefficient (Wildman–Crippen LogP) is 1.29. The number of aliphatic hydroxyl groups is 1. The van der Waals surface area contributed by atoms with E-state index in [2.05, 4.69) is 20.2 Å². The van der Waals surface area contributed by atoms with Gasteiger partial charge in [-0.2, -0.15) is 23.4 Å². The second-order valence-corrected chi connectivity index (χ2v) is 5.66. The van der Waals surface area contributed by atoms with Crippen molar-refractivity contribution < 1.29 is 18.3 Å². The Morgan fingerprint density at radius 3 is 2.76 bits per heavy atom. The van der Waals surface area contributed by atoms with Gasteiger partial charge >= 0.3 is 6.18 Å². The molecule has 0 bridgehead atoms. The molecule has 11 heteroatoms. The van der Waals surface area contributed by atoms with Crippen LogP contribution in [0.25, 0.3) is 11.0 Å². The molecule has 1 atom stereocenters. The Bertz CT molecular complexity index is 971. The van der Waals surface area contributed by atoms with Gasteiger partial charge in [0, 0.05) is 11.8 Å². The third kappa shape index (κ3) is 3.27. The van der Waals surface area contributed by atoms with E-state index in [1.807, 2.05) is 0 Å². The fourth-order valence-electron chi connectivity index (χ4n) is 2.61. The monoisotopic (exact) mass is 356 g/mol. The van der Waals surface area contributed by atoms with E-state index in [1.165, 1.54) is 17.1 Å². The van der Waals surface area contributed by atoms with Crippen molar-refractivity contribution in [1.82, 2.24) is 29.5 Å². The first-order valence-corrected chi connectivity index (χ1v) is 7.37. The maximum atomic E-state index is 12.5. The summed E-state index contributed by atoms with van der Waals surface area (Å²) >= 11 is 0. The first-order chi connectivity index (χ1) is 11.7. The maximum Gasteiger partial charge on any atom is 0.408 e. The lowest BCUT2D eigenvalue weighted by molar-refractivity contribution is -0.142. The SMILES string of the molecule is Cc1nc2c(c(CO)nn2[C@H](C)c2cnn(CC(F)(F)F)c2)c(=O)[nH]1. The number of nitrogens with one attached hydrogen (secondary N) is 1. The summed E-state index contributed by atoms with van der Waals surface area (Å²) < 4.78 is 39.6. The van der Waals surface area contributed by atoms with E-state index in [9.17, 15) is 23.1 Å². The number of hydrogen-bond donors (Lipinski definition) is 2. The number of aliphatic hydroxyl groups excluding tert-OH is 1. The molecule has 0 aromatic carbocycles. The summed E-state index contributed by atoms with van der Waals surface area (Å²) in [5.41, 5.74) is 0.440. The Morgan fingerprint density at radius 2 is 2.12 bits per heavy atom. The minimum atomic E-state index is -4.37. The molecule has 0 radical (unpaired) electrons. The zero-order valence-electron chi connectivity index (χ0n) is 13.4. The third-order valence-corrected chi connectivity index (χ3v) is 3.75. The lowest BCUT2D eigenvalue weighted by Crippen LogP contribution is -2.18. The molecule has 0 amide bonds. The second kappa shape index (κ2) is 5.99. The molecular formula is C14H15F3N6O2. The van der Waals surface area contributed by atoms with Crippen molar-refractivity contribution in [3.63, 3.8) is 0 Å². The Morgan fingerprint density at radius 1 is 1.40 bits per heavy atom. The smallest absolute Gasteiger partial charge is 0.390 e. The lowest BCUT2D eigenvalue weighted by atomic mass is 10.2. The molecule has 0 spiro atoms. The van der Waals surface area contributed by atoms with Gasteiger partial charge < -0.3 is 10.1 Å². The molecule has 0 fully saturated rings. The van der Waals surface area contributed by atoms with Gasteiger partial charge in [0.1, 0.15) is 23.4 Å². The molecule has 3 aromatic rings. The van der Waals surface area contributed by atoms with Crippen LogP contribution in [-0.4, -0.2) is 40.8 Å². The van der Waals surface area contributed by atoms with Crippen molar-refractivity contribution in [2.75, 3.05) is 0 Å². The maximum absolute atomic E-state index is 12.5. The van der Waals surface area contributed by atoms with E-state index in [1.54, 1.807) is 13.8 Å². The average molecular weight is 356 g/mol. The summed E-state index contributed by atoms with van der Waals surface area (Å²) in [6, 6.07) is -0.529. The highest BCUT2D eigenvalue weighted by molar-refractivity contribution is 5.77. The number of aromatic amines is 1. The summed E-state index contributed by atoms with van der Waals surface area (Å²) in [6.07, 6.45) is -1.80. The van der Waals surface area contributed by atoms with E-state index < -0.39 is 30.9 Å². The van der Waals surface area contributed by atoms with Crippen LogP contribution in [0.15, 0.2) is 17.2 Å². The van der Waals surface area contributed by atoms with Crippen molar-refractivity contribution in [2.45, 2.75) is 39.2 Å². The third-order valence-electron chi connectivity index (χ3n) is 3.75. The summed E-state index contributed by atoms with van der Waals surface area (Å²) in [4.78, 5) is 18.9. The average Bonchev–Trinajstić information content (AvgIpc) is 3.09. The zero-order valence-corrected chi connectivity index (χ0v) is 13.4. The normalized spacial score (nSPS) is 13.5. The highest BCUT2D eigenvalue weighted by Gasteiger charge is 2.29. The zero-order chi connectivity index (χ0) is 18.4. The van der Waals surface area contributed by atoms with Crippen LogP contribution in [0.3, 0.4) is 0 Å². The molecule has 0 unspecified atom stereocenters. The van der Waals surface area contributed by atoms with E-state index in [-0.39, 0.29) is 16.7 Å². The van der Waals surface area contributed by atoms with Crippen LogP contribution < -0.4 is 5.56 Å². The van der Waals surface area contributed by atoms with E-state index in [0.29, 0.717) is 11.4 Å². The largest absolute Gasteiger partial charge is 0.408 e. The van der Waals surface area contributed by atoms with Crippen LogP contribution in [0.5, 0.6) is 0 Å². The van der Waals surface area contributed by atoms with Crippen molar-refractivity contribution in [1.29, 1.82) is 0 Å². The Hall–Kier alpha value is -2.69. The van der Waals surface area contributed by atoms with Crippen molar-refractivity contribution in [3.8, 4) is 0 Å². The standard InChI is InChI=1S/C14H15F3N6O2/c1-7(9-3-18-22(4-9)6-14(15,16)17)23-12-11(10(5-24)21-23)13(25)20-8(2)19-12/h3-4,7,24H,5-6H2,1-2H3,(H,19,20,25)/t7-/m1/s1. The number of aryl methyl sites for hydroxylation is 1. The number of alkyl halides is 3. The molecule has 3 aromatic heterocycles. The van der Waals surface area contributed by atoms with Crippen LogP contribution >= 0.6 is 0 Å². The van der Waals surface area contributed by atoms with Gasteiger partial charge in [-0.05, 0) is 13.8 Å². The van der Waals surface area contributed by atoms with Gasteiger partial charge in [-0.25, -0.2) is 9.67 Å². The van der Waals surface area contributed by atoms with E-state index in [4.69, 9.17) is 0 Å². The molecule has 25 heavy (non-hydrogen) atoms. The Labute approximate surface area is 138 Å². The van der Waals surface area contributed by atoms with Gasteiger partial charge in [-0.15, -0.1) is 0 Å². The molecule has 0 saturated heterocycles. The summed E-state index contributed by atoms with van der Waals surface area (Å²) in [5.74, 6) is 0.364. The molecule has 3 rings (SSSR count). The number of H-pyrrole nitrogens is 1. The van der Waals surface area contributed by atoms with Gasteiger partial charge in [0.15, 0.2) is 5.65 Å². The van der Waals surface area contributed by atoms with E-state index in [0.717, 1.165) is 4.68 Å².